The van der Waals surface area contributed by atoms with Gasteiger partial charge in [-0.2, -0.15) is 0 Å². The fourth-order valence-corrected chi connectivity index (χ4v) is 2.22. The fourth-order valence-electron chi connectivity index (χ4n) is 2.22. The Hall–Kier alpha value is -1.26. The molecule has 0 aliphatic heterocycles. The van der Waals surface area contributed by atoms with Crippen LogP contribution in [0.2, 0.25) is 0 Å². The quantitative estimate of drug-likeness (QED) is 0.671. The van der Waals surface area contributed by atoms with Gasteiger partial charge in [-0.3, -0.25) is 0 Å². The predicted octanol–water partition coefficient (Wildman–Crippen LogP) is 1.09. The van der Waals surface area contributed by atoms with Gasteiger partial charge in [0.15, 0.2) is 0 Å². The molecule has 2 fully saturated rings. The summed E-state index contributed by atoms with van der Waals surface area (Å²) >= 11 is 0. The number of hydrogen-bond acceptors (Lipinski definition) is 2. The van der Waals surface area contributed by atoms with Gasteiger partial charge < -0.3 is 15.7 Å². The molecule has 0 bridgehead atoms. The molecule has 2 amide bonds. The highest BCUT2D eigenvalue weighted by atomic mass is 16.4. The van der Waals surface area contributed by atoms with Gasteiger partial charge in [0.1, 0.15) is 5.54 Å². The lowest BCUT2D eigenvalue weighted by Gasteiger charge is -2.38. The minimum Gasteiger partial charge on any atom is -0.480 e. The zero-order chi connectivity index (χ0) is 11.8. The molecule has 2 unspecified atom stereocenters. The highest BCUT2D eigenvalue weighted by molar-refractivity contribution is 5.87. The summed E-state index contributed by atoms with van der Waals surface area (Å²) < 4.78 is 0. The molecule has 0 heterocycles. The number of nitrogens with one attached hydrogen (secondary N) is 2. The van der Waals surface area contributed by atoms with E-state index in [0.29, 0.717) is 18.8 Å². The molecular weight excluding hydrogens is 208 g/mol. The summed E-state index contributed by atoms with van der Waals surface area (Å²) in [4.78, 5) is 22.6. The molecule has 2 saturated carbocycles. The van der Waals surface area contributed by atoms with E-state index >= 15 is 0 Å². The second-order valence-corrected chi connectivity index (χ2v) is 4.85. The van der Waals surface area contributed by atoms with E-state index in [0.717, 1.165) is 19.3 Å². The second kappa shape index (κ2) is 3.96. The summed E-state index contributed by atoms with van der Waals surface area (Å²) in [6.45, 7) is 2.09. The molecule has 0 aromatic heterocycles. The standard InChI is InChI=1S/C11H18N2O3/c1-2-7-6-8(7)12-10(16)13-11(9(14)15)4-3-5-11/h7-8H,2-6H2,1H3,(H,14,15)(H2,12,13,16). The molecule has 2 atom stereocenters. The second-order valence-electron chi connectivity index (χ2n) is 4.85. The van der Waals surface area contributed by atoms with Crippen molar-refractivity contribution in [3.05, 3.63) is 0 Å². The van der Waals surface area contributed by atoms with E-state index in [1.807, 2.05) is 0 Å². The first-order chi connectivity index (χ1) is 7.57. The molecule has 2 aliphatic rings. The molecule has 5 nitrogen and oxygen atoms in total. The van der Waals surface area contributed by atoms with Crippen molar-refractivity contribution >= 4 is 12.0 Å². The van der Waals surface area contributed by atoms with Crippen LogP contribution in [0.25, 0.3) is 0 Å². The Morgan fingerprint density at radius 3 is 2.50 bits per heavy atom. The molecule has 90 valence electrons. The minimum atomic E-state index is -0.999. The average Bonchev–Trinajstić information content (AvgIpc) is 2.89. The molecule has 0 aromatic carbocycles. The van der Waals surface area contributed by atoms with E-state index in [1.165, 1.54) is 0 Å². The highest BCUT2D eigenvalue weighted by Gasteiger charge is 2.46. The molecule has 3 N–H and O–H groups in total. The Morgan fingerprint density at radius 1 is 1.44 bits per heavy atom. The van der Waals surface area contributed by atoms with E-state index in [-0.39, 0.29) is 12.1 Å². The normalized spacial score (nSPS) is 30.1. The first kappa shape index (κ1) is 11.2. The summed E-state index contributed by atoms with van der Waals surface area (Å²) in [6.07, 6.45) is 4.03. The van der Waals surface area contributed by atoms with E-state index in [2.05, 4.69) is 17.6 Å². The fraction of sp³-hybridized carbons (Fsp3) is 0.818. The Balaban J connectivity index is 1.80. The van der Waals surface area contributed by atoms with Gasteiger partial charge in [-0.1, -0.05) is 13.3 Å². The number of hydrogen-bond donors (Lipinski definition) is 3. The maximum absolute atomic E-state index is 11.6. The lowest BCUT2D eigenvalue weighted by Crippen LogP contribution is -2.61. The van der Waals surface area contributed by atoms with Crippen molar-refractivity contribution in [2.24, 2.45) is 5.92 Å². The van der Waals surface area contributed by atoms with E-state index < -0.39 is 11.5 Å². The summed E-state index contributed by atoms with van der Waals surface area (Å²) in [5.41, 5.74) is -0.999. The molecule has 2 rings (SSSR count). The topological polar surface area (TPSA) is 78.4 Å². The van der Waals surface area contributed by atoms with Crippen molar-refractivity contribution in [1.29, 1.82) is 0 Å². The van der Waals surface area contributed by atoms with Crippen LogP contribution in [0.5, 0.6) is 0 Å². The van der Waals surface area contributed by atoms with Gasteiger partial charge in [0.05, 0.1) is 0 Å². The number of rotatable bonds is 4. The molecule has 0 radical (unpaired) electrons. The number of carboxylic acid groups (broad SMARTS) is 1. The van der Waals surface area contributed by atoms with Crippen molar-refractivity contribution in [1.82, 2.24) is 10.6 Å². The Kier molecular flexibility index (Phi) is 2.78. The Labute approximate surface area is 94.6 Å². The van der Waals surface area contributed by atoms with Crippen molar-refractivity contribution in [2.45, 2.75) is 50.6 Å². The van der Waals surface area contributed by atoms with Crippen molar-refractivity contribution in [3.8, 4) is 0 Å². The van der Waals surface area contributed by atoms with Gasteiger partial charge >= 0.3 is 12.0 Å². The summed E-state index contributed by atoms with van der Waals surface area (Å²) in [7, 11) is 0. The number of urea groups is 1. The maximum atomic E-state index is 11.6. The first-order valence-electron chi connectivity index (χ1n) is 5.89. The van der Waals surface area contributed by atoms with Crippen LogP contribution in [0.15, 0.2) is 0 Å². The molecule has 16 heavy (non-hydrogen) atoms. The third-order valence-corrected chi connectivity index (χ3v) is 3.73. The third-order valence-electron chi connectivity index (χ3n) is 3.73. The summed E-state index contributed by atoms with van der Waals surface area (Å²) in [6, 6.07) is -0.0843. The van der Waals surface area contributed by atoms with Gasteiger partial charge in [-0.05, 0) is 31.6 Å². The lowest BCUT2D eigenvalue weighted by atomic mass is 9.77. The van der Waals surface area contributed by atoms with Crippen LogP contribution in [0.4, 0.5) is 4.79 Å². The largest absolute Gasteiger partial charge is 0.480 e. The van der Waals surface area contributed by atoms with Gasteiger partial charge in [-0.25, -0.2) is 9.59 Å². The molecule has 0 spiro atoms. The highest BCUT2D eigenvalue weighted by Crippen LogP contribution is 2.34. The van der Waals surface area contributed by atoms with E-state index in [1.54, 1.807) is 0 Å². The van der Waals surface area contributed by atoms with E-state index in [9.17, 15) is 9.59 Å². The van der Waals surface area contributed by atoms with Gasteiger partial charge in [-0.15, -0.1) is 0 Å². The predicted molar refractivity (Wildman–Crippen MR) is 58.1 cm³/mol. The lowest BCUT2D eigenvalue weighted by molar-refractivity contribution is -0.148. The van der Waals surface area contributed by atoms with Crippen LogP contribution >= 0.6 is 0 Å². The van der Waals surface area contributed by atoms with Gasteiger partial charge in [0.25, 0.3) is 0 Å². The third kappa shape index (κ3) is 1.99. The van der Waals surface area contributed by atoms with Crippen molar-refractivity contribution in [2.75, 3.05) is 0 Å². The number of carbonyl (C=O) groups excluding carboxylic acids is 1. The van der Waals surface area contributed by atoms with Crippen LogP contribution in [-0.4, -0.2) is 28.7 Å². The smallest absolute Gasteiger partial charge is 0.329 e. The van der Waals surface area contributed by atoms with E-state index in [4.69, 9.17) is 5.11 Å². The minimum absolute atomic E-state index is 0.246. The average molecular weight is 226 g/mol. The summed E-state index contributed by atoms with van der Waals surface area (Å²) in [5.74, 6) is -0.343. The van der Waals surface area contributed by atoms with Gasteiger partial charge in [0, 0.05) is 6.04 Å². The zero-order valence-electron chi connectivity index (χ0n) is 9.45. The van der Waals surface area contributed by atoms with Crippen LogP contribution < -0.4 is 10.6 Å². The molecule has 0 saturated heterocycles. The SMILES string of the molecule is CCC1CC1NC(=O)NC1(C(=O)O)CCC1. The monoisotopic (exact) mass is 226 g/mol. The molecule has 2 aliphatic carbocycles. The van der Waals surface area contributed by atoms with Crippen LogP contribution in [0, 0.1) is 5.92 Å². The Bertz CT molecular complexity index is 312. The van der Waals surface area contributed by atoms with Crippen molar-refractivity contribution < 1.29 is 14.7 Å². The number of aliphatic carboxylic acids is 1. The summed E-state index contributed by atoms with van der Waals surface area (Å²) in [5, 5.41) is 14.5. The molecule has 0 aromatic rings. The maximum Gasteiger partial charge on any atom is 0.329 e. The molecular formula is C11H18N2O3. The molecule has 5 heteroatoms. The van der Waals surface area contributed by atoms with Crippen LogP contribution in [0.3, 0.4) is 0 Å². The van der Waals surface area contributed by atoms with Gasteiger partial charge in [0.2, 0.25) is 0 Å². The van der Waals surface area contributed by atoms with Crippen LogP contribution in [-0.2, 0) is 4.79 Å². The number of carboxylic acids is 1. The zero-order valence-corrected chi connectivity index (χ0v) is 9.45. The van der Waals surface area contributed by atoms with Crippen LogP contribution in [0.1, 0.15) is 39.0 Å². The van der Waals surface area contributed by atoms with Crippen molar-refractivity contribution in [3.63, 3.8) is 0 Å². The Morgan fingerprint density at radius 2 is 2.12 bits per heavy atom. The number of carbonyl (C=O) groups is 2. The first-order valence-corrected chi connectivity index (χ1v) is 5.89. The number of amides is 2.